The van der Waals surface area contributed by atoms with E-state index in [0.29, 0.717) is 23.7 Å². The summed E-state index contributed by atoms with van der Waals surface area (Å²) in [5.74, 6) is 0.528. The Kier molecular flexibility index (Phi) is 4.19. The lowest BCUT2D eigenvalue weighted by molar-refractivity contribution is 0.390. The summed E-state index contributed by atoms with van der Waals surface area (Å²) in [5, 5.41) is 19.6. The Bertz CT molecular complexity index is 594. The quantitative estimate of drug-likeness (QED) is 0.520. The van der Waals surface area contributed by atoms with Gasteiger partial charge in [0.2, 0.25) is 0 Å². The van der Waals surface area contributed by atoms with Crippen LogP contribution in [0.1, 0.15) is 17.8 Å². The molecule has 0 saturated heterocycles. The van der Waals surface area contributed by atoms with Gasteiger partial charge in [-0.25, -0.2) is 4.98 Å². The van der Waals surface area contributed by atoms with Crippen LogP contribution < -0.4 is 0 Å². The molecule has 0 unspecified atom stereocenters. The number of halogens is 1. The fraction of sp³-hybridized carbons (Fsp3) is 0.231. The van der Waals surface area contributed by atoms with Crippen LogP contribution in [0, 0.1) is 11.3 Å². The Morgan fingerprint density at radius 3 is 2.89 bits per heavy atom. The number of aromatic nitrogens is 1. The monoisotopic (exact) mass is 278 g/mol. The molecule has 2 aromatic rings. The van der Waals surface area contributed by atoms with Gasteiger partial charge in [-0.05, 0) is 18.6 Å². The van der Waals surface area contributed by atoms with Gasteiger partial charge in [0.05, 0.1) is 10.2 Å². The lowest BCUT2D eigenvalue weighted by Crippen LogP contribution is -1.90. The Morgan fingerprint density at radius 2 is 2.22 bits per heavy atom. The minimum absolute atomic E-state index is 0.0669. The summed E-state index contributed by atoms with van der Waals surface area (Å²) in [6, 6.07) is 9.68. The Morgan fingerprint density at radius 1 is 1.44 bits per heavy atom. The van der Waals surface area contributed by atoms with Gasteiger partial charge in [-0.3, -0.25) is 0 Å². The van der Waals surface area contributed by atoms with Gasteiger partial charge in [0, 0.05) is 12.3 Å². The number of thiazole rings is 1. The van der Waals surface area contributed by atoms with Crippen LogP contribution in [0.25, 0.3) is 15.8 Å². The van der Waals surface area contributed by atoms with E-state index < -0.39 is 0 Å². The number of rotatable bonds is 4. The lowest BCUT2D eigenvalue weighted by atomic mass is 10.2. The molecule has 0 fully saturated rings. The second kappa shape index (κ2) is 5.85. The van der Waals surface area contributed by atoms with Gasteiger partial charge >= 0.3 is 0 Å². The minimum Gasteiger partial charge on any atom is -0.511 e. The zero-order valence-corrected chi connectivity index (χ0v) is 11.1. The van der Waals surface area contributed by atoms with Crippen molar-refractivity contribution in [1.82, 2.24) is 4.98 Å². The Hall–Kier alpha value is -1.57. The van der Waals surface area contributed by atoms with Gasteiger partial charge in [-0.1, -0.05) is 12.1 Å². The average Bonchev–Trinajstić information content (AvgIpc) is 2.80. The van der Waals surface area contributed by atoms with Crippen LogP contribution in [0.4, 0.5) is 0 Å². The standard InChI is InChI=1S/C13H11ClN2OS/c14-7-3-5-11(17)9(8-15)13-16-10-4-1-2-6-12(10)18-13/h1-2,4,6,17H,3,5,7H2/b11-9-. The van der Waals surface area contributed by atoms with Gasteiger partial charge < -0.3 is 5.11 Å². The molecular weight excluding hydrogens is 268 g/mol. The molecule has 0 bridgehead atoms. The van der Waals surface area contributed by atoms with E-state index >= 15 is 0 Å². The number of nitrogens with zero attached hydrogens (tertiary/aromatic N) is 2. The Labute approximate surface area is 114 Å². The van der Waals surface area contributed by atoms with Gasteiger partial charge in [0.25, 0.3) is 0 Å². The second-order valence-electron chi connectivity index (χ2n) is 3.71. The molecule has 0 aliphatic carbocycles. The van der Waals surface area contributed by atoms with E-state index in [1.807, 2.05) is 30.3 Å². The van der Waals surface area contributed by atoms with Crippen molar-refractivity contribution in [2.45, 2.75) is 12.8 Å². The zero-order valence-electron chi connectivity index (χ0n) is 9.56. The number of para-hydroxylation sites is 1. The summed E-state index contributed by atoms with van der Waals surface area (Å²) in [4.78, 5) is 4.36. The number of alkyl halides is 1. The van der Waals surface area contributed by atoms with Crippen LogP contribution in [0.3, 0.4) is 0 Å². The molecule has 18 heavy (non-hydrogen) atoms. The van der Waals surface area contributed by atoms with E-state index in [4.69, 9.17) is 16.9 Å². The summed E-state index contributed by atoms with van der Waals surface area (Å²) < 4.78 is 1.00. The number of hydrogen-bond donors (Lipinski definition) is 1. The molecule has 0 amide bonds. The van der Waals surface area contributed by atoms with Crippen LogP contribution in [0.2, 0.25) is 0 Å². The maximum Gasteiger partial charge on any atom is 0.138 e. The summed E-state index contributed by atoms with van der Waals surface area (Å²) in [6.07, 6.45) is 1.05. The predicted octanol–water partition coefficient (Wildman–Crippen LogP) is 4.11. The number of benzene rings is 1. The van der Waals surface area contributed by atoms with E-state index in [2.05, 4.69) is 4.98 Å². The van der Waals surface area contributed by atoms with Crippen molar-refractivity contribution in [3.05, 3.63) is 35.0 Å². The number of aliphatic hydroxyl groups excluding tert-OH is 1. The molecule has 0 radical (unpaired) electrons. The molecule has 1 heterocycles. The molecule has 0 spiro atoms. The van der Waals surface area contributed by atoms with E-state index in [1.54, 1.807) is 0 Å². The van der Waals surface area contributed by atoms with Gasteiger partial charge in [-0.2, -0.15) is 5.26 Å². The number of allylic oxidation sites excluding steroid dienone is 2. The van der Waals surface area contributed by atoms with Crippen LogP contribution in [0.5, 0.6) is 0 Å². The first kappa shape index (κ1) is 12.9. The average molecular weight is 279 g/mol. The molecule has 0 aliphatic rings. The highest BCUT2D eigenvalue weighted by molar-refractivity contribution is 7.19. The Balaban J connectivity index is 2.41. The third-order valence-corrected chi connectivity index (χ3v) is 3.78. The first-order valence-electron chi connectivity index (χ1n) is 5.50. The van der Waals surface area contributed by atoms with Gasteiger partial charge in [-0.15, -0.1) is 22.9 Å². The molecule has 2 rings (SSSR count). The molecule has 0 saturated carbocycles. The predicted molar refractivity (Wildman–Crippen MR) is 74.7 cm³/mol. The molecular formula is C13H11ClN2OS. The first-order chi connectivity index (χ1) is 8.76. The lowest BCUT2D eigenvalue weighted by Gasteiger charge is -1.99. The summed E-state index contributed by atoms with van der Waals surface area (Å²) in [5.41, 5.74) is 1.09. The van der Waals surface area contributed by atoms with Gasteiger partial charge in [0.15, 0.2) is 0 Å². The summed E-state index contributed by atoms with van der Waals surface area (Å²) in [6.45, 7) is 0. The second-order valence-corrected chi connectivity index (χ2v) is 5.12. The molecule has 0 aliphatic heterocycles. The molecule has 1 N–H and O–H groups in total. The minimum atomic E-state index is 0.0669. The van der Waals surface area contributed by atoms with E-state index in [1.165, 1.54) is 11.3 Å². The van der Waals surface area contributed by atoms with E-state index in [9.17, 15) is 5.11 Å². The van der Waals surface area contributed by atoms with Gasteiger partial charge in [0.1, 0.15) is 22.4 Å². The number of aliphatic hydroxyl groups is 1. The van der Waals surface area contributed by atoms with Crippen molar-refractivity contribution in [3.8, 4) is 6.07 Å². The highest BCUT2D eigenvalue weighted by Gasteiger charge is 2.13. The van der Waals surface area contributed by atoms with E-state index in [-0.39, 0.29) is 11.3 Å². The maximum atomic E-state index is 9.88. The zero-order chi connectivity index (χ0) is 13.0. The number of hydrogen-bond acceptors (Lipinski definition) is 4. The van der Waals surface area contributed by atoms with Crippen molar-refractivity contribution >= 4 is 38.7 Å². The summed E-state index contributed by atoms with van der Waals surface area (Å²) in [7, 11) is 0. The van der Waals surface area contributed by atoms with Crippen molar-refractivity contribution in [2.75, 3.05) is 5.88 Å². The van der Waals surface area contributed by atoms with Crippen molar-refractivity contribution in [1.29, 1.82) is 5.26 Å². The summed E-state index contributed by atoms with van der Waals surface area (Å²) >= 11 is 6.98. The van der Waals surface area contributed by atoms with E-state index in [0.717, 1.165) is 10.2 Å². The molecule has 92 valence electrons. The number of nitriles is 1. The fourth-order valence-electron chi connectivity index (χ4n) is 1.57. The highest BCUT2D eigenvalue weighted by atomic mass is 35.5. The third-order valence-electron chi connectivity index (χ3n) is 2.46. The normalized spacial score (nSPS) is 12.2. The van der Waals surface area contributed by atoms with Crippen LogP contribution >= 0.6 is 22.9 Å². The van der Waals surface area contributed by atoms with Crippen LogP contribution in [-0.4, -0.2) is 16.0 Å². The maximum absolute atomic E-state index is 9.88. The van der Waals surface area contributed by atoms with Crippen molar-refractivity contribution < 1.29 is 5.11 Å². The fourth-order valence-corrected chi connectivity index (χ4v) is 2.69. The largest absolute Gasteiger partial charge is 0.511 e. The number of fused-ring (bicyclic) bond motifs is 1. The first-order valence-corrected chi connectivity index (χ1v) is 6.85. The smallest absolute Gasteiger partial charge is 0.138 e. The SMILES string of the molecule is N#C/C(=C(/O)CCCCl)c1nc2ccccc2s1. The van der Waals surface area contributed by atoms with Crippen molar-refractivity contribution in [2.24, 2.45) is 0 Å². The van der Waals surface area contributed by atoms with Crippen molar-refractivity contribution in [3.63, 3.8) is 0 Å². The molecule has 1 aromatic heterocycles. The molecule has 5 heteroatoms. The van der Waals surface area contributed by atoms with Crippen LogP contribution in [-0.2, 0) is 0 Å². The van der Waals surface area contributed by atoms with Crippen LogP contribution in [0.15, 0.2) is 30.0 Å². The topological polar surface area (TPSA) is 56.9 Å². The highest BCUT2D eigenvalue weighted by Crippen LogP contribution is 2.28. The molecule has 3 nitrogen and oxygen atoms in total. The molecule has 0 atom stereocenters. The third kappa shape index (κ3) is 2.63. The molecule has 1 aromatic carbocycles.